The van der Waals surface area contributed by atoms with E-state index in [9.17, 15) is 15.0 Å². The molecule has 1 aliphatic rings. The summed E-state index contributed by atoms with van der Waals surface area (Å²) in [5.41, 5.74) is 2.17. The predicted octanol–water partition coefficient (Wildman–Crippen LogP) is 3.17. The van der Waals surface area contributed by atoms with E-state index in [1.54, 1.807) is 24.3 Å². The number of aryl methyl sites for hydroxylation is 1. The highest BCUT2D eigenvalue weighted by Crippen LogP contribution is 2.24. The predicted molar refractivity (Wildman–Crippen MR) is 102 cm³/mol. The van der Waals surface area contributed by atoms with Crippen LogP contribution < -0.4 is 0 Å². The summed E-state index contributed by atoms with van der Waals surface area (Å²) < 4.78 is 0. The lowest BCUT2D eigenvalue weighted by molar-refractivity contribution is -0.132. The first-order valence-corrected chi connectivity index (χ1v) is 9.39. The lowest BCUT2D eigenvalue weighted by atomic mass is 9.88. The second kappa shape index (κ2) is 8.86. The van der Waals surface area contributed by atoms with Crippen molar-refractivity contribution in [1.82, 2.24) is 4.90 Å². The van der Waals surface area contributed by atoms with Crippen LogP contribution >= 0.6 is 0 Å². The van der Waals surface area contributed by atoms with Crippen LogP contribution in [-0.2, 0) is 17.6 Å². The first kappa shape index (κ1) is 18.5. The van der Waals surface area contributed by atoms with E-state index in [1.807, 2.05) is 23.1 Å². The molecule has 0 aliphatic carbocycles. The number of hydrogen-bond acceptors (Lipinski definition) is 3. The van der Waals surface area contributed by atoms with E-state index in [0.717, 1.165) is 31.2 Å². The van der Waals surface area contributed by atoms with Crippen molar-refractivity contribution in [2.24, 2.45) is 5.92 Å². The van der Waals surface area contributed by atoms with Crippen LogP contribution in [0, 0.1) is 5.92 Å². The van der Waals surface area contributed by atoms with Gasteiger partial charge >= 0.3 is 0 Å². The molecule has 1 amide bonds. The Morgan fingerprint density at radius 1 is 1.00 bits per heavy atom. The van der Waals surface area contributed by atoms with Crippen molar-refractivity contribution in [2.75, 3.05) is 13.1 Å². The SMILES string of the molecule is O=C(Cc1ccc(O)cc1)N1CCC(C(O)CCc2ccccc2)CC1. The smallest absolute Gasteiger partial charge is 0.226 e. The van der Waals surface area contributed by atoms with Gasteiger partial charge in [-0.3, -0.25) is 4.79 Å². The largest absolute Gasteiger partial charge is 0.508 e. The third kappa shape index (κ3) is 5.09. The molecule has 0 spiro atoms. The van der Waals surface area contributed by atoms with Crippen molar-refractivity contribution < 1.29 is 15.0 Å². The van der Waals surface area contributed by atoms with Crippen molar-refractivity contribution in [3.63, 3.8) is 0 Å². The van der Waals surface area contributed by atoms with Gasteiger partial charge in [0.15, 0.2) is 0 Å². The van der Waals surface area contributed by atoms with Gasteiger partial charge in [-0.25, -0.2) is 0 Å². The normalized spacial score (nSPS) is 16.4. The Kier molecular flexibility index (Phi) is 6.29. The lowest BCUT2D eigenvalue weighted by Crippen LogP contribution is -2.42. The Hall–Kier alpha value is -2.33. The number of phenols is 1. The molecule has 2 aromatic carbocycles. The molecule has 1 atom stereocenters. The number of rotatable bonds is 6. The number of aliphatic hydroxyl groups is 1. The quantitative estimate of drug-likeness (QED) is 0.839. The van der Waals surface area contributed by atoms with Crippen LogP contribution in [0.4, 0.5) is 0 Å². The molecular weight excluding hydrogens is 326 g/mol. The molecule has 3 rings (SSSR count). The maximum atomic E-state index is 12.4. The molecule has 138 valence electrons. The fourth-order valence-electron chi connectivity index (χ4n) is 3.63. The highest BCUT2D eigenvalue weighted by Gasteiger charge is 2.27. The average molecular weight is 353 g/mol. The summed E-state index contributed by atoms with van der Waals surface area (Å²) in [7, 11) is 0. The van der Waals surface area contributed by atoms with Gasteiger partial charge in [0.2, 0.25) is 5.91 Å². The second-order valence-electron chi connectivity index (χ2n) is 7.15. The number of carbonyl (C=O) groups is 1. The minimum atomic E-state index is -0.301. The van der Waals surface area contributed by atoms with Gasteiger partial charge in [0.05, 0.1) is 12.5 Å². The van der Waals surface area contributed by atoms with Crippen molar-refractivity contribution in [1.29, 1.82) is 0 Å². The van der Waals surface area contributed by atoms with E-state index < -0.39 is 0 Å². The number of carbonyl (C=O) groups excluding carboxylic acids is 1. The van der Waals surface area contributed by atoms with Crippen LogP contribution in [0.3, 0.4) is 0 Å². The minimum Gasteiger partial charge on any atom is -0.508 e. The van der Waals surface area contributed by atoms with Crippen molar-refractivity contribution >= 4 is 5.91 Å². The summed E-state index contributed by atoms with van der Waals surface area (Å²) in [6, 6.07) is 17.0. The monoisotopic (exact) mass is 353 g/mol. The fraction of sp³-hybridized carbons (Fsp3) is 0.409. The number of hydrogen-bond donors (Lipinski definition) is 2. The van der Waals surface area contributed by atoms with E-state index >= 15 is 0 Å². The van der Waals surface area contributed by atoms with E-state index in [0.29, 0.717) is 19.5 Å². The van der Waals surface area contributed by atoms with Crippen molar-refractivity contribution in [3.05, 3.63) is 65.7 Å². The summed E-state index contributed by atoms with van der Waals surface area (Å²) in [4.78, 5) is 14.3. The summed E-state index contributed by atoms with van der Waals surface area (Å²) in [6.07, 6.45) is 3.44. The maximum Gasteiger partial charge on any atom is 0.226 e. The van der Waals surface area contributed by atoms with Crippen LogP contribution in [0.2, 0.25) is 0 Å². The minimum absolute atomic E-state index is 0.118. The number of likely N-dealkylation sites (tertiary alicyclic amines) is 1. The summed E-state index contributed by atoms with van der Waals surface area (Å²) in [6.45, 7) is 1.42. The molecule has 1 heterocycles. The summed E-state index contributed by atoms with van der Waals surface area (Å²) in [5, 5.41) is 19.8. The molecule has 26 heavy (non-hydrogen) atoms. The van der Waals surface area contributed by atoms with Crippen molar-refractivity contribution in [2.45, 2.75) is 38.2 Å². The maximum absolute atomic E-state index is 12.4. The first-order valence-electron chi connectivity index (χ1n) is 9.39. The van der Waals surface area contributed by atoms with E-state index in [2.05, 4.69) is 12.1 Å². The summed E-state index contributed by atoms with van der Waals surface area (Å²) in [5.74, 6) is 0.607. The van der Waals surface area contributed by atoms with E-state index in [-0.39, 0.29) is 23.7 Å². The standard InChI is InChI=1S/C22H27NO3/c24-20-9-6-18(7-10-20)16-22(26)23-14-12-19(13-15-23)21(25)11-8-17-4-2-1-3-5-17/h1-7,9-10,19,21,24-25H,8,11-16H2. The van der Waals surface area contributed by atoms with Crippen LogP contribution in [-0.4, -0.2) is 40.2 Å². The van der Waals surface area contributed by atoms with Gasteiger partial charge in [-0.15, -0.1) is 0 Å². The topological polar surface area (TPSA) is 60.8 Å². The fourth-order valence-corrected chi connectivity index (χ4v) is 3.63. The lowest BCUT2D eigenvalue weighted by Gasteiger charge is -2.34. The third-order valence-electron chi connectivity index (χ3n) is 5.30. The molecule has 0 saturated carbocycles. The zero-order valence-corrected chi connectivity index (χ0v) is 15.1. The first-order chi connectivity index (χ1) is 12.6. The number of piperidine rings is 1. The highest BCUT2D eigenvalue weighted by atomic mass is 16.3. The molecule has 0 bridgehead atoms. The zero-order valence-electron chi connectivity index (χ0n) is 15.1. The molecule has 0 aromatic heterocycles. The Bertz CT molecular complexity index is 691. The molecule has 1 aliphatic heterocycles. The number of phenolic OH excluding ortho intramolecular Hbond substituents is 1. The van der Waals surface area contributed by atoms with Gasteiger partial charge in [-0.05, 0) is 54.9 Å². The Labute approximate surface area is 155 Å². The Balaban J connectivity index is 1.43. The van der Waals surface area contributed by atoms with Gasteiger partial charge in [-0.2, -0.15) is 0 Å². The summed E-state index contributed by atoms with van der Waals surface area (Å²) >= 11 is 0. The number of amides is 1. The van der Waals surface area contributed by atoms with Crippen LogP contribution in [0.25, 0.3) is 0 Å². The van der Waals surface area contributed by atoms with E-state index in [4.69, 9.17) is 0 Å². The van der Waals surface area contributed by atoms with Gasteiger partial charge in [0.25, 0.3) is 0 Å². The average Bonchev–Trinajstić information content (AvgIpc) is 2.69. The number of aliphatic hydroxyl groups excluding tert-OH is 1. The molecule has 4 heteroatoms. The van der Waals surface area contributed by atoms with Crippen LogP contribution in [0.1, 0.15) is 30.4 Å². The Morgan fingerprint density at radius 3 is 2.31 bits per heavy atom. The molecule has 0 radical (unpaired) electrons. The van der Waals surface area contributed by atoms with E-state index in [1.165, 1.54) is 5.56 Å². The van der Waals surface area contributed by atoms with Gasteiger partial charge in [0, 0.05) is 13.1 Å². The third-order valence-corrected chi connectivity index (χ3v) is 5.30. The molecule has 1 unspecified atom stereocenters. The number of aromatic hydroxyl groups is 1. The van der Waals surface area contributed by atoms with Gasteiger partial charge in [-0.1, -0.05) is 42.5 Å². The van der Waals surface area contributed by atoms with Gasteiger partial charge < -0.3 is 15.1 Å². The second-order valence-corrected chi connectivity index (χ2v) is 7.15. The Morgan fingerprint density at radius 2 is 1.65 bits per heavy atom. The molecule has 4 nitrogen and oxygen atoms in total. The molecule has 2 N–H and O–H groups in total. The number of benzene rings is 2. The molecular formula is C22H27NO3. The number of nitrogens with zero attached hydrogens (tertiary/aromatic N) is 1. The molecule has 2 aromatic rings. The van der Waals surface area contributed by atoms with Crippen LogP contribution in [0.15, 0.2) is 54.6 Å². The van der Waals surface area contributed by atoms with Crippen molar-refractivity contribution in [3.8, 4) is 5.75 Å². The molecule has 1 fully saturated rings. The zero-order chi connectivity index (χ0) is 18.4. The molecule has 1 saturated heterocycles. The highest BCUT2D eigenvalue weighted by molar-refractivity contribution is 5.78. The van der Waals surface area contributed by atoms with Crippen LogP contribution in [0.5, 0.6) is 5.75 Å². The van der Waals surface area contributed by atoms with Gasteiger partial charge in [0.1, 0.15) is 5.75 Å².